The number of hydrogen-bond acceptors (Lipinski definition) is 2. The van der Waals surface area contributed by atoms with Gasteiger partial charge in [0.15, 0.2) is 0 Å². The minimum absolute atomic E-state index is 0.470. The first-order chi connectivity index (χ1) is 6.72. The lowest BCUT2D eigenvalue weighted by molar-refractivity contribution is -0.139. The summed E-state index contributed by atoms with van der Waals surface area (Å²) >= 11 is 0. The fourth-order valence-corrected chi connectivity index (χ4v) is 0.685. The van der Waals surface area contributed by atoms with E-state index in [2.05, 4.69) is 11.9 Å². The Balaban J connectivity index is -0.000000266. The van der Waals surface area contributed by atoms with Crippen molar-refractivity contribution in [3.05, 3.63) is 12.7 Å². The van der Waals surface area contributed by atoms with Crippen molar-refractivity contribution in [1.29, 1.82) is 0 Å². The zero-order chi connectivity index (χ0) is 12.0. The van der Waals surface area contributed by atoms with Crippen molar-refractivity contribution in [3.8, 4) is 0 Å². The monoisotopic (exact) mass is 203 g/mol. The van der Waals surface area contributed by atoms with E-state index < -0.39 is 12.0 Å². The summed E-state index contributed by atoms with van der Waals surface area (Å²) in [4.78, 5) is 10.4. The lowest BCUT2D eigenvalue weighted by Gasteiger charge is -2.08. The zero-order valence-electron chi connectivity index (χ0n) is 10.1. The topological polar surface area (TPSA) is 49.3 Å². The summed E-state index contributed by atoms with van der Waals surface area (Å²) in [5, 5.41) is 11.3. The molecule has 0 saturated heterocycles. The van der Waals surface area contributed by atoms with Crippen LogP contribution in [0.5, 0.6) is 0 Å². The Morgan fingerprint density at radius 3 is 2.07 bits per heavy atom. The van der Waals surface area contributed by atoms with E-state index in [-0.39, 0.29) is 0 Å². The average molecular weight is 203 g/mol. The maximum absolute atomic E-state index is 10.4. The second-order valence-electron chi connectivity index (χ2n) is 1.97. The molecule has 0 radical (unpaired) electrons. The van der Waals surface area contributed by atoms with Crippen LogP contribution in [0.2, 0.25) is 0 Å². The average Bonchev–Trinajstić information content (AvgIpc) is 2.23. The molecule has 1 atom stereocenters. The molecule has 0 spiro atoms. The van der Waals surface area contributed by atoms with Gasteiger partial charge in [-0.3, -0.25) is 4.79 Å². The van der Waals surface area contributed by atoms with Crippen LogP contribution in [0.1, 0.15) is 41.0 Å². The number of rotatable bonds is 5. The number of nitrogens with one attached hydrogen (secondary N) is 1. The van der Waals surface area contributed by atoms with Gasteiger partial charge in [-0.15, -0.1) is 6.58 Å². The minimum Gasteiger partial charge on any atom is -0.480 e. The smallest absolute Gasteiger partial charge is 0.321 e. The number of likely N-dealkylation sites (N-methyl/N-ethyl adjacent to an activating group) is 1. The second kappa shape index (κ2) is 18.1. The standard InChI is InChI=1S/C7H13NO2.2C2H6/c1-3-5-6(7(9)10)8-4-2;2*1-2/h3,6,8H,1,4-5H2,2H3,(H,9,10);2*1-2H3. The molecule has 0 aromatic rings. The summed E-state index contributed by atoms with van der Waals surface area (Å²) in [6, 6.07) is -0.470. The van der Waals surface area contributed by atoms with Crippen molar-refractivity contribution < 1.29 is 9.90 Å². The fourth-order valence-electron chi connectivity index (χ4n) is 0.685. The highest BCUT2D eigenvalue weighted by Crippen LogP contribution is 1.91. The number of carboxylic acids is 1. The van der Waals surface area contributed by atoms with Gasteiger partial charge in [0.2, 0.25) is 0 Å². The summed E-state index contributed by atoms with van der Waals surface area (Å²) in [6.07, 6.45) is 2.07. The van der Waals surface area contributed by atoms with Gasteiger partial charge in [0.05, 0.1) is 0 Å². The van der Waals surface area contributed by atoms with Crippen molar-refractivity contribution in [3.63, 3.8) is 0 Å². The fraction of sp³-hybridized carbons (Fsp3) is 0.727. The Morgan fingerprint density at radius 1 is 1.43 bits per heavy atom. The highest BCUT2D eigenvalue weighted by Gasteiger charge is 2.12. The highest BCUT2D eigenvalue weighted by molar-refractivity contribution is 5.73. The van der Waals surface area contributed by atoms with Gasteiger partial charge in [-0.05, 0) is 13.0 Å². The van der Waals surface area contributed by atoms with Gasteiger partial charge < -0.3 is 10.4 Å². The van der Waals surface area contributed by atoms with E-state index in [4.69, 9.17) is 5.11 Å². The van der Waals surface area contributed by atoms with Crippen LogP contribution in [0.3, 0.4) is 0 Å². The summed E-state index contributed by atoms with van der Waals surface area (Å²) < 4.78 is 0. The first kappa shape index (κ1) is 18.9. The Morgan fingerprint density at radius 2 is 1.86 bits per heavy atom. The first-order valence-electron chi connectivity index (χ1n) is 5.29. The van der Waals surface area contributed by atoms with Crippen molar-refractivity contribution in [1.82, 2.24) is 5.32 Å². The Hall–Kier alpha value is -0.830. The third-order valence-electron chi connectivity index (χ3n) is 1.15. The Kier molecular flexibility index (Phi) is 24.3. The van der Waals surface area contributed by atoms with Gasteiger partial charge in [0.1, 0.15) is 6.04 Å². The Bertz CT molecular complexity index is 124. The van der Waals surface area contributed by atoms with Crippen molar-refractivity contribution >= 4 is 5.97 Å². The third kappa shape index (κ3) is 13.7. The number of carboxylic acid groups (broad SMARTS) is 1. The SMILES string of the molecule is C=CCC(NCC)C(=O)O.CC.CC. The number of carbonyl (C=O) groups is 1. The van der Waals surface area contributed by atoms with E-state index in [1.54, 1.807) is 6.08 Å². The van der Waals surface area contributed by atoms with Crippen LogP contribution in [0.4, 0.5) is 0 Å². The maximum atomic E-state index is 10.4. The molecule has 0 aromatic carbocycles. The molecule has 3 heteroatoms. The molecule has 0 amide bonds. The largest absolute Gasteiger partial charge is 0.480 e. The molecule has 2 N–H and O–H groups in total. The predicted molar refractivity (Wildman–Crippen MR) is 62.6 cm³/mol. The molecule has 0 heterocycles. The van der Waals surface area contributed by atoms with Crippen LogP contribution < -0.4 is 5.32 Å². The van der Waals surface area contributed by atoms with Crippen LogP contribution in [0.25, 0.3) is 0 Å². The lowest BCUT2D eigenvalue weighted by Crippen LogP contribution is -2.35. The molecule has 3 nitrogen and oxygen atoms in total. The van der Waals surface area contributed by atoms with E-state index in [0.717, 1.165) is 0 Å². The maximum Gasteiger partial charge on any atom is 0.321 e. The molecule has 0 aliphatic rings. The van der Waals surface area contributed by atoms with Crippen LogP contribution in [0.15, 0.2) is 12.7 Å². The first-order valence-corrected chi connectivity index (χ1v) is 5.29. The minimum atomic E-state index is -0.818. The van der Waals surface area contributed by atoms with Crippen molar-refractivity contribution in [2.75, 3.05) is 6.54 Å². The molecule has 0 saturated carbocycles. The van der Waals surface area contributed by atoms with Crippen LogP contribution in [0, 0.1) is 0 Å². The predicted octanol–water partition coefficient (Wildman–Crippen LogP) is 2.68. The third-order valence-corrected chi connectivity index (χ3v) is 1.15. The van der Waals surface area contributed by atoms with Gasteiger partial charge in [-0.25, -0.2) is 0 Å². The molecule has 0 bridgehead atoms. The quantitative estimate of drug-likeness (QED) is 0.675. The van der Waals surface area contributed by atoms with Gasteiger partial charge in [-0.2, -0.15) is 0 Å². The molecule has 0 aliphatic heterocycles. The molecule has 0 aliphatic carbocycles. The molecular weight excluding hydrogens is 178 g/mol. The van der Waals surface area contributed by atoms with Gasteiger partial charge in [-0.1, -0.05) is 40.7 Å². The normalized spacial score (nSPS) is 9.79. The highest BCUT2D eigenvalue weighted by atomic mass is 16.4. The van der Waals surface area contributed by atoms with Crippen molar-refractivity contribution in [2.45, 2.75) is 47.1 Å². The molecule has 14 heavy (non-hydrogen) atoms. The molecule has 1 unspecified atom stereocenters. The molecule has 0 fully saturated rings. The zero-order valence-corrected chi connectivity index (χ0v) is 10.1. The lowest BCUT2D eigenvalue weighted by atomic mass is 10.2. The van der Waals surface area contributed by atoms with E-state index in [9.17, 15) is 4.79 Å². The summed E-state index contributed by atoms with van der Waals surface area (Å²) in [5.74, 6) is -0.818. The van der Waals surface area contributed by atoms with Gasteiger partial charge in [0.25, 0.3) is 0 Å². The van der Waals surface area contributed by atoms with Gasteiger partial charge >= 0.3 is 5.97 Å². The number of hydrogen-bond donors (Lipinski definition) is 2. The summed E-state index contributed by atoms with van der Waals surface area (Å²) in [6.45, 7) is 14.0. The molecule has 0 rings (SSSR count). The van der Waals surface area contributed by atoms with Crippen LogP contribution >= 0.6 is 0 Å². The summed E-state index contributed by atoms with van der Waals surface area (Å²) in [7, 11) is 0. The molecule has 86 valence electrons. The van der Waals surface area contributed by atoms with Crippen LogP contribution in [-0.4, -0.2) is 23.7 Å². The summed E-state index contributed by atoms with van der Waals surface area (Å²) in [5.41, 5.74) is 0. The van der Waals surface area contributed by atoms with Gasteiger partial charge in [0, 0.05) is 0 Å². The van der Waals surface area contributed by atoms with E-state index in [1.165, 1.54) is 0 Å². The Labute approximate surface area is 88.2 Å². The number of aliphatic carboxylic acids is 1. The van der Waals surface area contributed by atoms with E-state index in [0.29, 0.717) is 13.0 Å². The molecule has 0 aromatic heterocycles. The van der Waals surface area contributed by atoms with Crippen LogP contribution in [-0.2, 0) is 4.79 Å². The van der Waals surface area contributed by atoms with E-state index >= 15 is 0 Å². The molecular formula is C11H25NO2. The van der Waals surface area contributed by atoms with E-state index in [1.807, 2.05) is 34.6 Å². The van der Waals surface area contributed by atoms with Crippen molar-refractivity contribution in [2.24, 2.45) is 0 Å². The second-order valence-corrected chi connectivity index (χ2v) is 1.97.